The first-order chi connectivity index (χ1) is 10.6. The average Bonchev–Trinajstić information content (AvgIpc) is 2.87. The Labute approximate surface area is 132 Å². The summed E-state index contributed by atoms with van der Waals surface area (Å²) in [6.45, 7) is 4.33. The fourth-order valence-electron chi connectivity index (χ4n) is 4.45. The van der Waals surface area contributed by atoms with Crippen LogP contribution in [0, 0.1) is 11.8 Å². The number of fused-ring (bicyclic) bond motifs is 4. The van der Waals surface area contributed by atoms with Crippen molar-refractivity contribution < 1.29 is 4.79 Å². The first-order valence-electron chi connectivity index (χ1n) is 8.58. The van der Waals surface area contributed by atoms with E-state index in [0.29, 0.717) is 12.0 Å². The normalized spacial score (nSPS) is 26.4. The van der Waals surface area contributed by atoms with Gasteiger partial charge in [-0.2, -0.15) is 0 Å². The van der Waals surface area contributed by atoms with Crippen molar-refractivity contribution in [2.75, 3.05) is 5.32 Å². The predicted octanol–water partition coefficient (Wildman–Crippen LogP) is 3.71. The lowest BCUT2D eigenvalue weighted by molar-refractivity contribution is -0.126. The molecular weight excluding hydrogens is 272 g/mol. The number of rotatable bonds is 2. The molecule has 1 saturated carbocycles. The number of benzene rings is 1. The third-order valence-electron chi connectivity index (χ3n) is 5.38. The Hall–Kier alpha value is -1.77. The summed E-state index contributed by atoms with van der Waals surface area (Å²) < 4.78 is 0. The van der Waals surface area contributed by atoms with Crippen LogP contribution in [-0.4, -0.2) is 11.9 Å². The molecule has 3 heteroatoms. The van der Waals surface area contributed by atoms with E-state index in [9.17, 15) is 4.79 Å². The van der Waals surface area contributed by atoms with E-state index in [4.69, 9.17) is 0 Å². The van der Waals surface area contributed by atoms with Crippen molar-refractivity contribution >= 4 is 17.3 Å². The summed E-state index contributed by atoms with van der Waals surface area (Å²) in [5.74, 6) is 0.929. The molecule has 1 amide bonds. The maximum absolute atomic E-state index is 12.5. The van der Waals surface area contributed by atoms with Gasteiger partial charge in [0.2, 0.25) is 5.91 Å². The number of hydrogen-bond donors (Lipinski definition) is 2. The molecule has 2 N–H and O–H groups in total. The Balaban J connectivity index is 1.74. The molecule has 1 aromatic carbocycles. The highest BCUT2D eigenvalue weighted by molar-refractivity contribution is 5.95. The summed E-state index contributed by atoms with van der Waals surface area (Å²) in [6, 6.07) is 6.84. The zero-order valence-electron chi connectivity index (χ0n) is 13.4. The van der Waals surface area contributed by atoms with Crippen molar-refractivity contribution in [3.8, 4) is 0 Å². The summed E-state index contributed by atoms with van der Waals surface area (Å²) in [6.07, 6.45) is 5.70. The van der Waals surface area contributed by atoms with Gasteiger partial charge < -0.3 is 10.6 Å². The fourth-order valence-corrected chi connectivity index (χ4v) is 4.45. The van der Waals surface area contributed by atoms with E-state index in [1.165, 1.54) is 41.6 Å². The van der Waals surface area contributed by atoms with Crippen LogP contribution < -0.4 is 10.6 Å². The molecule has 2 aliphatic carbocycles. The van der Waals surface area contributed by atoms with Gasteiger partial charge in [-0.05, 0) is 56.2 Å². The monoisotopic (exact) mass is 296 g/mol. The Bertz CT molecular complexity index is 659. The van der Waals surface area contributed by atoms with Crippen LogP contribution in [0.4, 0.5) is 5.69 Å². The number of nitrogens with one attached hydrogen (secondary N) is 2. The summed E-state index contributed by atoms with van der Waals surface area (Å²) in [4.78, 5) is 12.5. The van der Waals surface area contributed by atoms with Gasteiger partial charge in [0.15, 0.2) is 0 Å². The highest BCUT2D eigenvalue weighted by Crippen LogP contribution is 2.47. The molecule has 1 heterocycles. The summed E-state index contributed by atoms with van der Waals surface area (Å²) in [7, 11) is 0. The molecule has 3 aliphatic rings. The minimum atomic E-state index is 0.211. The first kappa shape index (κ1) is 13.9. The van der Waals surface area contributed by atoms with Gasteiger partial charge in [0.05, 0.1) is 0 Å². The molecule has 0 saturated heterocycles. The second kappa shape index (κ2) is 5.15. The van der Waals surface area contributed by atoms with Gasteiger partial charge >= 0.3 is 0 Å². The van der Waals surface area contributed by atoms with Crippen LogP contribution in [-0.2, 0) is 11.2 Å². The predicted molar refractivity (Wildman–Crippen MR) is 89.4 cm³/mol. The first-order valence-corrected chi connectivity index (χ1v) is 8.58. The molecule has 0 bridgehead atoms. The minimum absolute atomic E-state index is 0.211. The second-order valence-corrected chi connectivity index (χ2v) is 7.19. The van der Waals surface area contributed by atoms with Crippen LogP contribution in [0.2, 0.25) is 0 Å². The van der Waals surface area contributed by atoms with Crippen molar-refractivity contribution in [2.45, 2.75) is 52.0 Å². The molecule has 0 radical (unpaired) electrons. The average molecular weight is 296 g/mol. The van der Waals surface area contributed by atoms with E-state index in [1.807, 2.05) is 0 Å². The van der Waals surface area contributed by atoms with Crippen LogP contribution in [0.3, 0.4) is 0 Å². The lowest BCUT2D eigenvalue weighted by Crippen LogP contribution is -2.41. The zero-order valence-corrected chi connectivity index (χ0v) is 13.4. The van der Waals surface area contributed by atoms with E-state index >= 15 is 0 Å². The highest BCUT2D eigenvalue weighted by Gasteiger charge is 2.42. The van der Waals surface area contributed by atoms with Gasteiger partial charge in [-0.25, -0.2) is 0 Å². The molecule has 1 aromatic rings. The number of hydrogen-bond acceptors (Lipinski definition) is 2. The molecule has 3 nitrogen and oxygen atoms in total. The molecule has 1 aliphatic heterocycles. The van der Waals surface area contributed by atoms with Gasteiger partial charge in [0.25, 0.3) is 0 Å². The van der Waals surface area contributed by atoms with E-state index in [2.05, 4.69) is 42.7 Å². The van der Waals surface area contributed by atoms with E-state index in [0.717, 1.165) is 18.5 Å². The zero-order chi connectivity index (χ0) is 15.3. The molecule has 1 fully saturated rings. The standard InChI is InChI=1S/C19H24N2O/c1-11(2)20-17-9-5-8-13-15(17)10-16-12-6-3-4-7-14(12)19(22)21-18(13)16/h5,8-9,11-12,14,20H,3-4,6-7,10H2,1-2H3,(H,21,22). The lowest BCUT2D eigenvalue weighted by Gasteiger charge is -2.36. The van der Waals surface area contributed by atoms with E-state index < -0.39 is 0 Å². The Kier molecular flexibility index (Phi) is 3.24. The highest BCUT2D eigenvalue weighted by atomic mass is 16.2. The topological polar surface area (TPSA) is 41.1 Å². The van der Waals surface area contributed by atoms with Gasteiger partial charge in [-0.1, -0.05) is 25.0 Å². The van der Waals surface area contributed by atoms with Gasteiger partial charge in [-0.15, -0.1) is 0 Å². The smallest absolute Gasteiger partial charge is 0.228 e. The summed E-state index contributed by atoms with van der Waals surface area (Å²) in [5.41, 5.74) is 6.43. The maximum atomic E-state index is 12.5. The van der Waals surface area contributed by atoms with Crippen LogP contribution in [0.1, 0.15) is 50.7 Å². The van der Waals surface area contributed by atoms with E-state index in [-0.39, 0.29) is 11.8 Å². The van der Waals surface area contributed by atoms with Gasteiger partial charge in [0.1, 0.15) is 0 Å². The molecule has 2 unspecified atom stereocenters. The SMILES string of the molecule is CC(C)Nc1cccc2c1CC1=C2NC(=O)C2CCCCC12. The number of carbonyl (C=O) groups is 1. The van der Waals surface area contributed by atoms with Crippen molar-refractivity contribution in [3.05, 3.63) is 34.9 Å². The largest absolute Gasteiger partial charge is 0.383 e. The Morgan fingerprint density at radius 3 is 2.73 bits per heavy atom. The molecule has 2 atom stereocenters. The lowest BCUT2D eigenvalue weighted by atomic mass is 9.72. The fraction of sp³-hybridized carbons (Fsp3) is 0.526. The molecule has 0 spiro atoms. The quantitative estimate of drug-likeness (QED) is 0.873. The molecular formula is C19H24N2O. The maximum Gasteiger partial charge on any atom is 0.228 e. The summed E-state index contributed by atoms with van der Waals surface area (Å²) in [5, 5.41) is 6.79. The van der Waals surface area contributed by atoms with Gasteiger partial charge in [0, 0.05) is 28.9 Å². The molecule has 116 valence electrons. The number of carbonyl (C=O) groups excluding carboxylic acids is 1. The Morgan fingerprint density at radius 1 is 1.18 bits per heavy atom. The third kappa shape index (κ3) is 2.06. The summed E-state index contributed by atoms with van der Waals surface area (Å²) >= 11 is 0. The van der Waals surface area contributed by atoms with Crippen LogP contribution in [0.5, 0.6) is 0 Å². The van der Waals surface area contributed by atoms with Crippen molar-refractivity contribution in [1.29, 1.82) is 0 Å². The second-order valence-electron chi connectivity index (χ2n) is 7.19. The minimum Gasteiger partial charge on any atom is -0.383 e. The number of amides is 1. The third-order valence-corrected chi connectivity index (χ3v) is 5.38. The Morgan fingerprint density at radius 2 is 1.95 bits per heavy atom. The van der Waals surface area contributed by atoms with E-state index in [1.54, 1.807) is 0 Å². The number of allylic oxidation sites excluding steroid dienone is 1. The van der Waals surface area contributed by atoms with Crippen LogP contribution in [0.25, 0.3) is 5.70 Å². The van der Waals surface area contributed by atoms with Crippen LogP contribution >= 0.6 is 0 Å². The molecule has 0 aromatic heterocycles. The molecule has 22 heavy (non-hydrogen) atoms. The number of anilines is 1. The van der Waals surface area contributed by atoms with Crippen LogP contribution in [0.15, 0.2) is 23.8 Å². The van der Waals surface area contributed by atoms with Gasteiger partial charge in [-0.3, -0.25) is 4.79 Å². The van der Waals surface area contributed by atoms with Crippen molar-refractivity contribution in [1.82, 2.24) is 5.32 Å². The molecule has 4 rings (SSSR count). The van der Waals surface area contributed by atoms with Crippen molar-refractivity contribution in [3.63, 3.8) is 0 Å². The van der Waals surface area contributed by atoms with Crippen molar-refractivity contribution in [2.24, 2.45) is 11.8 Å².